The summed E-state index contributed by atoms with van der Waals surface area (Å²) in [7, 11) is 0. The molecule has 3 heteroatoms. The van der Waals surface area contributed by atoms with Crippen LogP contribution in [0.1, 0.15) is 11.1 Å². The van der Waals surface area contributed by atoms with Crippen LogP contribution in [0.3, 0.4) is 0 Å². The summed E-state index contributed by atoms with van der Waals surface area (Å²) in [6.07, 6.45) is 0. The smallest absolute Gasteiger partial charge is 0.0494 e. The van der Waals surface area contributed by atoms with Gasteiger partial charge in [0.25, 0.3) is 0 Å². The second kappa shape index (κ2) is 6.40. The molecule has 110 valence electrons. The van der Waals surface area contributed by atoms with Gasteiger partial charge in [0.05, 0.1) is 0 Å². The summed E-state index contributed by atoms with van der Waals surface area (Å²) in [5, 5.41) is 0. The quantitative estimate of drug-likeness (QED) is 0.789. The van der Waals surface area contributed by atoms with Crippen LogP contribution in [0, 0.1) is 6.92 Å². The third kappa shape index (κ3) is 3.16. The second-order valence-corrected chi connectivity index (χ2v) is 5.84. The lowest BCUT2D eigenvalue weighted by atomic mass is 10.1. The number of piperazine rings is 1. The van der Waals surface area contributed by atoms with E-state index >= 15 is 0 Å². The molecule has 2 nitrogen and oxygen atoms in total. The number of rotatable bonds is 3. The highest BCUT2D eigenvalue weighted by molar-refractivity contribution is 6.17. The van der Waals surface area contributed by atoms with Crippen LogP contribution < -0.4 is 9.80 Å². The van der Waals surface area contributed by atoms with Crippen molar-refractivity contribution in [2.45, 2.75) is 12.8 Å². The van der Waals surface area contributed by atoms with Gasteiger partial charge in [-0.1, -0.05) is 30.3 Å². The third-order valence-corrected chi connectivity index (χ3v) is 4.41. The summed E-state index contributed by atoms with van der Waals surface area (Å²) in [5.41, 5.74) is 5.17. The maximum absolute atomic E-state index is 6.06. The molecule has 0 N–H and O–H groups in total. The molecule has 1 aliphatic rings. The van der Waals surface area contributed by atoms with Crippen molar-refractivity contribution in [3.05, 3.63) is 59.7 Å². The fourth-order valence-electron chi connectivity index (χ4n) is 2.96. The van der Waals surface area contributed by atoms with Crippen LogP contribution in [0.5, 0.6) is 0 Å². The van der Waals surface area contributed by atoms with E-state index in [1.54, 1.807) is 0 Å². The van der Waals surface area contributed by atoms with Gasteiger partial charge in [0.1, 0.15) is 0 Å². The summed E-state index contributed by atoms with van der Waals surface area (Å²) in [4.78, 5) is 4.91. The number of para-hydroxylation sites is 1. The monoisotopic (exact) mass is 300 g/mol. The van der Waals surface area contributed by atoms with E-state index in [9.17, 15) is 0 Å². The fourth-order valence-corrected chi connectivity index (χ4v) is 3.19. The van der Waals surface area contributed by atoms with Crippen LogP contribution in [0.25, 0.3) is 0 Å². The zero-order valence-electron chi connectivity index (χ0n) is 12.4. The molecule has 1 heterocycles. The van der Waals surface area contributed by atoms with Crippen LogP contribution in [0.15, 0.2) is 48.5 Å². The number of aryl methyl sites for hydroxylation is 1. The lowest BCUT2D eigenvalue weighted by Gasteiger charge is -2.38. The Morgan fingerprint density at radius 3 is 2.33 bits per heavy atom. The van der Waals surface area contributed by atoms with Crippen molar-refractivity contribution < 1.29 is 0 Å². The number of hydrogen-bond donors (Lipinski definition) is 0. The second-order valence-electron chi connectivity index (χ2n) is 5.58. The molecule has 1 aliphatic heterocycles. The number of benzene rings is 2. The topological polar surface area (TPSA) is 6.48 Å². The number of hydrogen-bond acceptors (Lipinski definition) is 2. The first-order valence-corrected chi connectivity index (χ1v) is 8.02. The van der Waals surface area contributed by atoms with Crippen LogP contribution in [-0.4, -0.2) is 26.2 Å². The van der Waals surface area contributed by atoms with E-state index in [0.29, 0.717) is 5.88 Å². The van der Waals surface area contributed by atoms with Crippen molar-refractivity contribution in [1.82, 2.24) is 0 Å². The largest absolute Gasteiger partial charge is 0.368 e. The van der Waals surface area contributed by atoms with E-state index in [1.807, 2.05) is 0 Å². The normalized spacial score (nSPS) is 15.3. The van der Waals surface area contributed by atoms with E-state index in [4.69, 9.17) is 11.6 Å². The first-order valence-electron chi connectivity index (χ1n) is 7.48. The molecule has 0 bridgehead atoms. The zero-order chi connectivity index (χ0) is 14.7. The first-order chi connectivity index (χ1) is 10.3. The summed E-state index contributed by atoms with van der Waals surface area (Å²) >= 11 is 6.06. The van der Waals surface area contributed by atoms with Gasteiger partial charge in [0, 0.05) is 43.4 Å². The summed E-state index contributed by atoms with van der Waals surface area (Å²) in [6.45, 7) is 6.35. The number of nitrogens with zero attached hydrogens (tertiary/aromatic N) is 2. The van der Waals surface area contributed by atoms with E-state index in [2.05, 4.69) is 65.3 Å². The van der Waals surface area contributed by atoms with Gasteiger partial charge in [-0.2, -0.15) is 0 Å². The van der Waals surface area contributed by atoms with Gasteiger partial charge >= 0.3 is 0 Å². The first kappa shape index (κ1) is 14.3. The average Bonchev–Trinajstić information content (AvgIpc) is 2.55. The predicted molar refractivity (Wildman–Crippen MR) is 91.6 cm³/mol. The van der Waals surface area contributed by atoms with Crippen LogP contribution in [0.4, 0.5) is 11.4 Å². The van der Waals surface area contributed by atoms with Crippen molar-refractivity contribution >= 4 is 23.0 Å². The Balaban J connectivity index is 1.70. The molecule has 21 heavy (non-hydrogen) atoms. The van der Waals surface area contributed by atoms with Crippen molar-refractivity contribution in [1.29, 1.82) is 0 Å². The highest BCUT2D eigenvalue weighted by atomic mass is 35.5. The lowest BCUT2D eigenvalue weighted by molar-refractivity contribution is 0.652. The SMILES string of the molecule is Cc1cccc(N2CCN(c3ccccc3CCl)CC2)c1. The fraction of sp³-hybridized carbons (Fsp3) is 0.333. The Hall–Kier alpha value is -1.67. The molecule has 1 fully saturated rings. The molecule has 2 aromatic carbocycles. The molecule has 2 aromatic rings. The van der Waals surface area contributed by atoms with Gasteiger partial charge in [-0.25, -0.2) is 0 Å². The zero-order valence-corrected chi connectivity index (χ0v) is 13.2. The molecule has 0 amide bonds. The molecule has 1 saturated heterocycles. The minimum atomic E-state index is 0.578. The molecule has 0 aliphatic carbocycles. The maximum Gasteiger partial charge on any atom is 0.0494 e. The molecule has 0 radical (unpaired) electrons. The Kier molecular flexibility index (Phi) is 4.35. The van der Waals surface area contributed by atoms with Gasteiger partial charge in [0.15, 0.2) is 0 Å². The van der Waals surface area contributed by atoms with Gasteiger partial charge in [-0.05, 0) is 36.2 Å². The van der Waals surface area contributed by atoms with E-state index in [0.717, 1.165) is 26.2 Å². The highest BCUT2D eigenvalue weighted by Crippen LogP contribution is 2.25. The molecule has 0 aromatic heterocycles. The number of halogens is 1. The van der Waals surface area contributed by atoms with Crippen LogP contribution >= 0.6 is 11.6 Å². The van der Waals surface area contributed by atoms with Gasteiger partial charge in [0.2, 0.25) is 0 Å². The summed E-state index contributed by atoms with van der Waals surface area (Å²) in [6, 6.07) is 17.2. The van der Waals surface area contributed by atoms with Crippen molar-refractivity contribution in [3.63, 3.8) is 0 Å². The van der Waals surface area contributed by atoms with Crippen molar-refractivity contribution in [2.24, 2.45) is 0 Å². The van der Waals surface area contributed by atoms with E-state index < -0.39 is 0 Å². The van der Waals surface area contributed by atoms with E-state index in [1.165, 1.54) is 22.5 Å². The molecule has 0 atom stereocenters. The van der Waals surface area contributed by atoms with E-state index in [-0.39, 0.29) is 0 Å². The number of alkyl halides is 1. The Morgan fingerprint density at radius 1 is 0.905 bits per heavy atom. The predicted octanol–water partition coefficient (Wildman–Crippen LogP) is 4.06. The minimum Gasteiger partial charge on any atom is -0.368 e. The average molecular weight is 301 g/mol. The highest BCUT2D eigenvalue weighted by Gasteiger charge is 2.19. The van der Waals surface area contributed by atoms with Gasteiger partial charge in [-0.15, -0.1) is 11.6 Å². The van der Waals surface area contributed by atoms with Crippen LogP contribution in [0.2, 0.25) is 0 Å². The summed E-state index contributed by atoms with van der Waals surface area (Å²) < 4.78 is 0. The Labute approximate surface area is 131 Å². The molecule has 0 unspecified atom stereocenters. The molecule has 3 rings (SSSR count). The lowest BCUT2D eigenvalue weighted by Crippen LogP contribution is -2.46. The molecular weight excluding hydrogens is 280 g/mol. The van der Waals surface area contributed by atoms with Crippen molar-refractivity contribution in [2.75, 3.05) is 36.0 Å². The minimum absolute atomic E-state index is 0.578. The standard InChI is InChI=1S/C18H21ClN2/c1-15-5-4-7-17(13-15)20-9-11-21(12-10-20)18-8-3-2-6-16(18)14-19/h2-8,13H,9-12,14H2,1H3. The Morgan fingerprint density at radius 2 is 1.62 bits per heavy atom. The van der Waals surface area contributed by atoms with Gasteiger partial charge < -0.3 is 9.80 Å². The summed E-state index contributed by atoms with van der Waals surface area (Å²) in [5.74, 6) is 0.578. The molecule has 0 spiro atoms. The molecule has 0 saturated carbocycles. The third-order valence-electron chi connectivity index (χ3n) is 4.12. The van der Waals surface area contributed by atoms with Crippen molar-refractivity contribution in [3.8, 4) is 0 Å². The van der Waals surface area contributed by atoms with Gasteiger partial charge in [-0.3, -0.25) is 0 Å². The maximum atomic E-state index is 6.06. The van der Waals surface area contributed by atoms with Crippen LogP contribution in [-0.2, 0) is 5.88 Å². The number of anilines is 2. The molecular formula is C18H21ClN2. The Bertz CT molecular complexity index is 604.